The van der Waals surface area contributed by atoms with Crippen molar-refractivity contribution in [3.63, 3.8) is 0 Å². The fraction of sp³-hybridized carbons (Fsp3) is 0.467. The Morgan fingerprint density at radius 3 is 2.45 bits per heavy atom. The zero-order valence-electron chi connectivity index (χ0n) is 11.8. The van der Waals surface area contributed by atoms with Gasteiger partial charge in [-0.3, -0.25) is 9.59 Å². The first kappa shape index (κ1) is 16.7. The lowest BCUT2D eigenvalue weighted by Gasteiger charge is -2.26. The van der Waals surface area contributed by atoms with Crippen LogP contribution in [0.15, 0.2) is 30.3 Å². The molecule has 1 aromatic carbocycles. The van der Waals surface area contributed by atoms with Crippen molar-refractivity contribution in [2.45, 2.75) is 19.6 Å². The van der Waals surface area contributed by atoms with Crippen LogP contribution < -0.4 is 0 Å². The lowest BCUT2D eigenvalue weighted by molar-refractivity contribution is -0.160. The van der Waals surface area contributed by atoms with E-state index in [1.165, 1.54) is 18.7 Å². The molecule has 0 saturated heterocycles. The zero-order valence-corrected chi connectivity index (χ0v) is 12.6. The van der Waals surface area contributed by atoms with Gasteiger partial charge in [-0.1, -0.05) is 30.3 Å². The van der Waals surface area contributed by atoms with Crippen LogP contribution in [-0.2, 0) is 20.1 Å². The first-order valence-electron chi connectivity index (χ1n) is 6.47. The molecule has 0 amide bonds. The van der Waals surface area contributed by atoms with Crippen LogP contribution in [-0.4, -0.2) is 35.8 Å². The normalized spacial score (nSPS) is 13.6. The Morgan fingerprint density at radius 2 is 1.95 bits per heavy atom. The minimum atomic E-state index is -1.45. The summed E-state index contributed by atoms with van der Waals surface area (Å²) in [7, 11) is 0. The standard InChI is InChI=1S/C15H20O4S/c1-3-19-14(18)15(10-16,12(2)17)11-20-9-13-7-5-4-6-8-13/h4-8,16H,3,9-11H2,1-2H3. The van der Waals surface area contributed by atoms with Gasteiger partial charge in [0.1, 0.15) is 5.78 Å². The number of aliphatic hydroxyl groups is 1. The first-order valence-corrected chi connectivity index (χ1v) is 7.63. The zero-order chi connectivity index (χ0) is 15.0. The molecule has 0 aliphatic rings. The molecule has 0 spiro atoms. The maximum absolute atomic E-state index is 12.0. The SMILES string of the molecule is CCOC(=O)C(CO)(CSCc1ccccc1)C(C)=O. The van der Waals surface area contributed by atoms with Gasteiger partial charge in [0.25, 0.3) is 0 Å². The molecule has 5 heteroatoms. The highest BCUT2D eigenvalue weighted by molar-refractivity contribution is 7.98. The molecule has 0 aromatic heterocycles. The molecule has 110 valence electrons. The molecule has 20 heavy (non-hydrogen) atoms. The van der Waals surface area contributed by atoms with E-state index in [1.807, 2.05) is 30.3 Å². The Morgan fingerprint density at radius 1 is 1.30 bits per heavy atom. The third-order valence-corrected chi connectivity index (χ3v) is 4.30. The van der Waals surface area contributed by atoms with Gasteiger partial charge >= 0.3 is 5.97 Å². The molecule has 0 saturated carbocycles. The number of ketones is 1. The van der Waals surface area contributed by atoms with Crippen LogP contribution in [0, 0.1) is 5.41 Å². The molecule has 0 fully saturated rings. The summed E-state index contributed by atoms with van der Waals surface area (Å²) in [5.74, 6) is -0.114. The summed E-state index contributed by atoms with van der Waals surface area (Å²) in [5.41, 5.74) is -0.341. The molecule has 0 radical (unpaired) electrons. The van der Waals surface area contributed by atoms with E-state index in [4.69, 9.17) is 4.74 Å². The summed E-state index contributed by atoms with van der Waals surface area (Å²) in [6, 6.07) is 9.76. The fourth-order valence-corrected chi connectivity index (χ4v) is 3.00. The van der Waals surface area contributed by atoms with Gasteiger partial charge in [0.05, 0.1) is 13.2 Å². The van der Waals surface area contributed by atoms with Crippen LogP contribution in [0.4, 0.5) is 0 Å². The second-order valence-corrected chi connectivity index (χ2v) is 5.48. The summed E-state index contributed by atoms with van der Waals surface area (Å²) in [6.45, 7) is 2.66. The molecule has 1 N–H and O–H groups in total. The van der Waals surface area contributed by atoms with E-state index in [0.29, 0.717) is 5.75 Å². The van der Waals surface area contributed by atoms with Crippen LogP contribution >= 0.6 is 11.8 Å². The van der Waals surface area contributed by atoms with Gasteiger partial charge in [-0.05, 0) is 19.4 Å². The number of thioether (sulfide) groups is 1. The number of hydrogen-bond donors (Lipinski definition) is 1. The largest absolute Gasteiger partial charge is 0.465 e. The van der Waals surface area contributed by atoms with E-state index in [0.717, 1.165) is 5.56 Å². The Bertz CT molecular complexity index is 446. The molecule has 1 atom stereocenters. The number of carbonyl (C=O) groups excluding carboxylic acids is 2. The Kier molecular flexibility index (Phi) is 6.75. The first-order chi connectivity index (χ1) is 9.56. The summed E-state index contributed by atoms with van der Waals surface area (Å²) in [5, 5.41) is 9.51. The van der Waals surface area contributed by atoms with Crippen LogP contribution in [0.5, 0.6) is 0 Å². The van der Waals surface area contributed by atoms with Crippen LogP contribution in [0.25, 0.3) is 0 Å². The van der Waals surface area contributed by atoms with E-state index in [1.54, 1.807) is 6.92 Å². The second-order valence-electron chi connectivity index (χ2n) is 4.50. The molecule has 1 aromatic rings. The highest BCUT2D eigenvalue weighted by Gasteiger charge is 2.44. The number of ether oxygens (including phenoxy) is 1. The maximum atomic E-state index is 12.0. The third kappa shape index (κ3) is 4.08. The molecule has 4 nitrogen and oxygen atoms in total. The fourth-order valence-electron chi connectivity index (χ4n) is 1.71. The summed E-state index contributed by atoms with van der Waals surface area (Å²) in [4.78, 5) is 23.7. The predicted octanol–water partition coefficient (Wildman–Crippen LogP) is 2.05. The van der Waals surface area contributed by atoms with Gasteiger partial charge in [-0.15, -0.1) is 0 Å². The van der Waals surface area contributed by atoms with Gasteiger partial charge in [0.15, 0.2) is 5.41 Å². The van der Waals surface area contributed by atoms with E-state index in [-0.39, 0.29) is 18.1 Å². The predicted molar refractivity (Wildman–Crippen MR) is 79.4 cm³/mol. The highest BCUT2D eigenvalue weighted by atomic mass is 32.2. The average molecular weight is 296 g/mol. The van der Waals surface area contributed by atoms with Gasteiger partial charge in [0.2, 0.25) is 0 Å². The van der Waals surface area contributed by atoms with Crippen molar-refractivity contribution >= 4 is 23.5 Å². The lowest BCUT2D eigenvalue weighted by atomic mass is 9.87. The summed E-state index contributed by atoms with van der Waals surface area (Å²) < 4.78 is 4.93. The number of hydrogen-bond acceptors (Lipinski definition) is 5. The van der Waals surface area contributed by atoms with E-state index >= 15 is 0 Å². The quantitative estimate of drug-likeness (QED) is 0.587. The maximum Gasteiger partial charge on any atom is 0.322 e. The topological polar surface area (TPSA) is 63.6 Å². The van der Waals surface area contributed by atoms with Crippen molar-refractivity contribution in [3.8, 4) is 0 Å². The molecular formula is C15H20O4S. The van der Waals surface area contributed by atoms with Gasteiger partial charge in [-0.25, -0.2) is 0 Å². The lowest BCUT2D eigenvalue weighted by Crippen LogP contribution is -2.45. The molecular weight excluding hydrogens is 276 g/mol. The number of rotatable bonds is 8. The van der Waals surface area contributed by atoms with Crippen molar-refractivity contribution in [3.05, 3.63) is 35.9 Å². The average Bonchev–Trinajstić information content (AvgIpc) is 2.44. The van der Waals surface area contributed by atoms with Crippen molar-refractivity contribution in [1.29, 1.82) is 0 Å². The van der Waals surface area contributed by atoms with E-state index in [9.17, 15) is 14.7 Å². The van der Waals surface area contributed by atoms with Crippen molar-refractivity contribution in [2.75, 3.05) is 19.0 Å². The van der Waals surface area contributed by atoms with Gasteiger partial charge in [0, 0.05) is 11.5 Å². The van der Waals surface area contributed by atoms with Crippen molar-refractivity contribution < 1.29 is 19.4 Å². The third-order valence-electron chi connectivity index (χ3n) is 3.07. The number of carbonyl (C=O) groups is 2. The molecule has 0 aliphatic heterocycles. The minimum Gasteiger partial charge on any atom is -0.465 e. The summed E-state index contributed by atoms with van der Waals surface area (Å²) >= 11 is 1.44. The molecule has 1 unspecified atom stereocenters. The van der Waals surface area contributed by atoms with Crippen LogP contribution in [0.3, 0.4) is 0 Å². The molecule has 0 bridgehead atoms. The molecule has 0 aliphatic carbocycles. The Hall–Kier alpha value is -1.33. The van der Waals surface area contributed by atoms with E-state index < -0.39 is 18.0 Å². The van der Waals surface area contributed by atoms with Gasteiger partial charge < -0.3 is 9.84 Å². The number of benzene rings is 1. The molecule has 1 rings (SSSR count). The summed E-state index contributed by atoms with van der Waals surface area (Å²) in [6.07, 6.45) is 0. The monoisotopic (exact) mass is 296 g/mol. The Labute approximate surface area is 123 Å². The highest BCUT2D eigenvalue weighted by Crippen LogP contribution is 2.28. The van der Waals surface area contributed by atoms with E-state index in [2.05, 4.69) is 0 Å². The Balaban J connectivity index is 2.70. The second kappa shape index (κ2) is 8.07. The van der Waals surface area contributed by atoms with Crippen molar-refractivity contribution in [1.82, 2.24) is 0 Å². The van der Waals surface area contributed by atoms with Crippen LogP contribution in [0.2, 0.25) is 0 Å². The molecule has 0 heterocycles. The van der Waals surface area contributed by atoms with Gasteiger partial charge in [-0.2, -0.15) is 11.8 Å². The van der Waals surface area contributed by atoms with Crippen LogP contribution in [0.1, 0.15) is 19.4 Å². The number of aliphatic hydroxyl groups excluding tert-OH is 1. The van der Waals surface area contributed by atoms with Crippen molar-refractivity contribution in [2.24, 2.45) is 5.41 Å². The number of Topliss-reactive ketones (excluding diaryl/α,β-unsaturated/α-hetero) is 1. The minimum absolute atomic E-state index is 0.192. The smallest absolute Gasteiger partial charge is 0.322 e. The number of esters is 1.